The maximum atomic E-state index is 15.5. The van der Waals surface area contributed by atoms with E-state index in [4.69, 9.17) is 34.9 Å². The molecule has 0 aliphatic carbocycles. The van der Waals surface area contributed by atoms with Crippen molar-refractivity contribution in [3.8, 4) is 57.3 Å². The van der Waals surface area contributed by atoms with E-state index >= 15 is 4.39 Å². The second kappa shape index (κ2) is 22.5. The molecule has 348 valence electrons. The van der Waals surface area contributed by atoms with Crippen molar-refractivity contribution in [3.63, 3.8) is 0 Å². The molecule has 0 saturated carbocycles. The quantitative estimate of drug-likeness (QED) is 0.140. The molecule has 3 N–H and O–H groups in total. The molecule has 2 aliphatic heterocycles. The Bertz CT molecular complexity index is 2970. The highest BCUT2D eigenvalue weighted by Gasteiger charge is 2.22. The SMILES string of the molecule is CCC.COc1cc(-c2cnc(N3CCOCC3)cc2N)ccc1C#N.COc1cc(-c2cnc(N3CCOCC3)cc2Nc2c(C)c(-c3ccccn3)nc3cc(F)cc(F)c23)ccc1C#N. The first-order valence-electron chi connectivity index (χ1n) is 22.2. The third kappa shape index (κ3) is 10.8. The Hall–Kier alpha value is -7.92. The number of aromatic nitrogens is 4. The number of rotatable bonds is 9. The maximum absolute atomic E-state index is 15.5. The fourth-order valence-corrected chi connectivity index (χ4v) is 7.76. The van der Waals surface area contributed by atoms with Crippen LogP contribution in [0.15, 0.2) is 97.5 Å². The number of nitriles is 2. The second-order valence-corrected chi connectivity index (χ2v) is 15.8. The van der Waals surface area contributed by atoms with Crippen LogP contribution >= 0.6 is 0 Å². The number of fused-ring (bicyclic) bond motifs is 1. The van der Waals surface area contributed by atoms with E-state index in [-0.39, 0.29) is 10.9 Å². The maximum Gasteiger partial charge on any atom is 0.137 e. The molecule has 16 heteroatoms. The fourth-order valence-electron chi connectivity index (χ4n) is 7.76. The lowest BCUT2D eigenvalue weighted by molar-refractivity contribution is 0.122. The van der Waals surface area contributed by atoms with E-state index < -0.39 is 11.6 Å². The smallest absolute Gasteiger partial charge is 0.137 e. The third-order valence-corrected chi connectivity index (χ3v) is 11.2. The van der Waals surface area contributed by atoms with Crippen LogP contribution in [-0.2, 0) is 9.47 Å². The van der Waals surface area contributed by atoms with Crippen molar-refractivity contribution in [3.05, 3.63) is 126 Å². The highest BCUT2D eigenvalue weighted by molar-refractivity contribution is 5.99. The summed E-state index contributed by atoms with van der Waals surface area (Å²) in [6.07, 6.45) is 6.40. The molecule has 0 spiro atoms. The summed E-state index contributed by atoms with van der Waals surface area (Å²) in [6, 6.07) is 26.2. The minimum Gasteiger partial charge on any atom is -0.495 e. The van der Waals surface area contributed by atoms with Gasteiger partial charge in [-0.3, -0.25) is 4.98 Å². The third-order valence-electron chi connectivity index (χ3n) is 11.2. The van der Waals surface area contributed by atoms with Crippen LogP contribution in [0.25, 0.3) is 44.5 Å². The van der Waals surface area contributed by atoms with Gasteiger partial charge in [0.2, 0.25) is 0 Å². The zero-order valence-corrected chi connectivity index (χ0v) is 38.6. The van der Waals surface area contributed by atoms with Gasteiger partial charge in [-0.15, -0.1) is 0 Å². The van der Waals surface area contributed by atoms with Crippen molar-refractivity contribution in [1.82, 2.24) is 19.9 Å². The van der Waals surface area contributed by atoms with Gasteiger partial charge in [-0.05, 0) is 54.4 Å². The van der Waals surface area contributed by atoms with E-state index in [0.717, 1.165) is 47.5 Å². The lowest BCUT2D eigenvalue weighted by Gasteiger charge is -2.28. The van der Waals surface area contributed by atoms with E-state index in [1.54, 1.807) is 62.1 Å². The van der Waals surface area contributed by atoms with Crippen LogP contribution in [0.5, 0.6) is 11.5 Å². The number of hydrogen-bond acceptors (Lipinski definition) is 14. The largest absolute Gasteiger partial charge is 0.495 e. The molecule has 7 aromatic rings. The first-order valence-corrected chi connectivity index (χ1v) is 22.2. The number of nitrogens with two attached hydrogens (primary N) is 1. The Kier molecular flexibility index (Phi) is 15.9. The molecular weight excluding hydrogens is 867 g/mol. The van der Waals surface area contributed by atoms with Crippen LogP contribution in [0.1, 0.15) is 37.0 Å². The average molecular weight is 919 g/mol. The molecule has 68 heavy (non-hydrogen) atoms. The Morgan fingerprint density at radius 3 is 1.82 bits per heavy atom. The fraction of sp³-hybridized carbons (Fsp3) is 0.269. The minimum absolute atomic E-state index is 0.154. The summed E-state index contributed by atoms with van der Waals surface area (Å²) < 4.78 is 51.5. The standard InChI is InChI=1S/C32H26F2N6O2.C17H18N4O2.C3H8/c1-19-31(25-5-3-4-8-36-25)39-27-15-22(33)14-24(34)30(27)32(19)38-26-16-29(40-9-11-42-12-10-40)37-18-23(26)20-6-7-21(17-35)28(13-20)41-2;1-22-16-8-12(2-3-13(16)10-18)14-11-20-17(9-15(14)19)21-4-6-23-7-5-21;1-3-2/h3-8,13-16,18H,9-12H2,1-2H3,(H,37,38,39);2-3,8-9,11H,4-7H2,1H3,(H2,19,20);3H2,1-2H3. The molecule has 0 bridgehead atoms. The molecule has 6 heterocycles. The number of nitrogens with zero attached hydrogens (tertiary/aromatic N) is 8. The number of pyridine rings is 4. The zero-order valence-electron chi connectivity index (χ0n) is 38.6. The molecule has 9 rings (SSSR count). The highest BCUT2D eigenvalue weighted by Crippen LogP contribution is 2.41. The van der Waals surface area contributed by atoms with Crippen LogP contribution in [0.2, 0.25) is 0 Å². The number of nitrogen functional groups attached to an aromatic ring is 1. The van der Waals surface area contributed by atoms with Gasteiger partial charge in [0.05, 0.1) is 85.4 Å². The van der Waals surface area contributed by atoms with Crippen LogP contribution in [0.4, 0.5) is 37.5 Å². The van der Waals surface area contributed by atoms with Gasteiger partial charge in [0.25, 0.3) is 0 Å². The van der Waals surface area contributed by atoms with Crippen LogP contribution in [-0.4, -0.2) is 86.8 Å². The van der Waals surface area contributed by atoms with Gasteiger partial charge in [0.15, 0.2) is 0 Å². The van der Waals surface area contributed by atoms with Gasteiger partial charge >= 0.3 is 0 Å². The average Bonchev–Trinajstić information content (AvgIpc) is 3.37. The van der Waals surface area contributed by atoms with Gasteiger partial charge in [0, 0.05) is 91.4 Å². The van der Waals surface area contributed by atoms with Gasteiger partial charge in [-0.1, -0.05) is 38.5 Å². The Balaban J connectivity index is 0.000000221. The van der Waals surface area contributed by atoms with Crippen molar-refractivity contribution in [2.75, 3.05) is 87.7 Å². The number of benzene rings is 3. The molecule has 0 unspecified atom stereocenters. The number of nitrogens with one attached hydrogen (secondary N) is 1. The molecule has 2 aliphatic rings. The Morgan fingerprint density at radius 2 is 1.29 bits per heavy atom. The first-order chi connectivity index (χ1) is 33.1. The van der Waals surface area contributed by atoms with E-state index in [1.165, 1.54) is 19.6 Å². The molecule has 0 radical (unpaired) electrons. The lowest BCUT2D eigenvalue weighted by Crippen LogP contribution is -2.36. The monoisotopic (exact) mass is 918 g/mol. The van der Waals surface area contributed by atoms with Gasteiger partial charge in [0.1, 0.15) is 46.9 Å². The van der Waals surface area contributed by atoms with Crippen molar-refractivity contribution in [2.24, 2.45) is 0 Å². The zero-order chi connectivity index (χ0) is 48.2. The van der Waals surface area contributed by atoms with Crippen LogP contribution in [0.3, 0.4) is 0 Å². The highest BCUT2D eigenvalue weighted by atomic mass is 19.1. The normalized spacial score (nSPS) is 13.2. The minimum atomic E-state index is -0.736. The van der Waals surface area contributed by atoms with Crippen LogP contribution in [0, 0.1) is 41.2 Å². The van der Waals surface area contributed by atoms with Crippen molar-refractivity contribution < 1.29 is 27.7 Å². The molecule has 2 fully saturated rings. The van der Waals surface area contributed by atoms with E-state index in [2.05, 4.69) is 56.1 Å². The summed E-state index contributed by atoms with van der Waals surface area (Å²) in [4.78, 5) is 22.6. The van der Waals surface area contributed by atoms with Crippen molar-refractivity contribution in [1.29, 1.82) is 10.5 Å². The number of anilines is 5. The summed E-state index contributed by atoms with van der Waals surface area (Å²) in [5, 5.41) is 22.2. The topological polar surface area (TPSA) is 181 Å². The number of methoxy groups -OCH3 is 2. The molecular formula is C52H52F2N10O4. The van der Waals surface area contributed by atoms with E-state index in [0.29, 0.717) is 102 Å². The molecule has 4 aromatic heterocycles. The molecule has 0 amide bonds. The number of ether oxygens (including phenoxy) is 4. The summed E-state index contributed by atoms with van der Waals surface area (Å²) >= 11 is 0. The summed E-state index contributed by atoms with van der Waals surface area (Å²) in [5.74, 6) is 1.06. The first kappa shape index (κ1) is 48.0. The second-order valence-electron chi connectivity index (χ2n) is 15.8. The van der Waals surface area contributed by atoms with Crippen molar-refractivity contribution in [2.45, 2.75) is 27.2 Å². The van der Waals surface area contributed by atoms with Gasteiger partial charge in [-0.2, -0.15) is 10.5 Å². The molecule has 3 aromatic carbocycles. The predicted molar refractivity (Wildman–Crippen MR) is 261 cm³/mol. The van der Waals surface area contributed by atoms with Gasteiger partial charge in [-0.25, -0.2) is 23.7 Å². The lowest BCUT2D eigenvalue weighted by atomic mass is 10.0. The summed E-state index contributed by atoms with van der Waals surface area (Å²) in [7, 11) is 3.05. The predicted octanol–water partition coefficient (Wildman–Crippen LogP) is 9.87. The Morgan fingerprint density at radius 1 is 0.735 bits per heavy atom. The summed E-state index contributed by atoms with van der Waals surface area (Å²) in [6.45, 7) is 11.6. The summed E-state index contributed by atoms with van der Waals surface area (Å²) in [5.41, 5.74) is 13.8. The van der Waals surface area contributed by atoms with Crippen molar-refractivity contribution >= 4 is 39.6 Å². The Labute approximate surface area is 394 Å². The number of morpholine rings is 2. The molecule has 14 nitrogen and oxygen atoms in total. The number of hydrogen-bond donors (Lipinski definition) is 2. The molecule has 0 atom stereocenters. The van der Waals surface area contributed by atoms with E-state index in [9.17, 15) is 9.65 Å². The van der Waals surface area contributed by atoms with E-state index in [1.807, 2.05) is 37.3 Å². The van der Waals surface area contributed by atoms with Crippen LogP contribution < -0.4 is 30.3 Å². The number of halogens is 2. The van der Waals surface area contributed by atoms with Gasteiger partial charge < -0.3 is 39.8 Å². The molecule has 2 saturated heterocycles.